The van der Waals surface area contributed by atoms with E-state index in [9.17, 15) is 0 Å². The second-order valence-corrected chi connectivity index (χ2v) is 5.90. The molecule has 132 valence electrons. The van der Waals surface area contributed by atoms with Crippen LogP contribution in [0.1, 0.15) is 18.6 Å². The van der Waals surface area contributed by atoms with Crippen LogP contribution in [0.25, 0.3) is 22.4 Å². The largest absolute Gasteiger partial charge is 0.369 e. The summed E-state index contributed by atoms with van der Waals surface area (Å²) in [6.07, 6.45) is 3.14. The number of anilines is 1. The monoisotopic (exact) mass is 349 g/mol. The fourth-order valence-electron chi connectivity index (χ4n) is 2.71. The van der Waals surface area contributed by atoms with Crippen molar-refractivity contribution in [3.8, 4) is 11.4 Å². The Hall–Kier alpha value is -3.29. The molecule has 0 aliphatic carbocycles. The van der Waals surface area contributed by atoms with E-state index in [1.807, 2.05) is 44.3 Å². The lowest BCUT2D eigenvalue weighted by Crippen LogP contribution is -2.09. The first-order chi connectivity index (χ1) is 12.7. The maximum Gasteiger partial charge on any atom is 0.228 e. The van der Waals surface area contributed by atoms with Crippen LogP contribution >= 0.6 is 0 Å². The lowest BCUT2D eigenvalue weighted by molar-refractivity contribution is 0.381. The van der Waals surface area contributed by atoms with E-state index >= 15 is 0 Å². The van der Waals surface area contributed by atoms with Crippen LogP contribution in [-0.4, -0.2) is 36.4 Å². The van der Waals surface area contributed by atoms with Crippen LogP contribution in [0.15, 0.2) is 41.1 Å². The van der Waals surface area contributed by atoms with Gasteiger partial charge in [-0.05, 0) is 0 Å². The molecule has 3 heterocycles. The topological polar surface area (TPSA) is 94.5 Å². The summed E-state index contributed by atoms with van der Waals surface area (Å²) in [5.41, 5.74) is 1.76. The minimum absolute atomic E-state index is 0.587. The molecule has 0 atom stereocenters. The number of aryl methyl sites for hydroxylation is 2. The summed E-state index contributed by atoms with van der Waals surface area (Å²) >= 11 is 0. The zero-order valence-electron chi connectivity index (χ0n) is 14.7. The lowest BCUT2D eigenvalue weighted by Gasteiger charge is -2.07. The fourth-order valence-corrected chi connectivity index (χ4v) is 2.71. The molecule has 0 amide bonds. The van der Waals surface area contributed by atoms with Gasteiger partial charge >= 0.3 is 0 Å². The van der Waals surface area contributed by atoms with Crippen molar-refractivity contribution < 1.29 is 4.52 Å². The third-order valence-electron chi connectivity index (χ3n) is 4.09. The van der Waals surface area contributed by atoms with Crippen LogP contribution in [0.5, 0.6) is 0 Å². The average molecular weight is 349 g/mol. The van der Waals surface area contributed by atoms with E-state index in [0.29, 0.717) is 24.7 Å². The van der Waals surface area contributed by atoms with Crippen molar-refractivity contribution in [3.63, 3.8) is 0 Å². The van der Waals surface area contributed by atoms with E-state index in [4.69, 9.17) is 4.52 Å². The zero-order chi connectivity index (χ0) is 17.9. The van der Waals surface area contributed by atoms with Crippen molar-refractivity contribution in [2.24, 2.45) is 7.05 Å². The van der Waals surface area contributed by atoms with E-state index in [-0.39, 0.29) is 0 Å². The van der Waals surface area contributed by atoms with Crippen LogP contribution < -0.4 is 5.32 Å². The number of nitrogens with one attached hydrogen (secondary N) is 1. The number of fused-ring (bicyclic) bond motifs is 1. The number of benzene rings is 1. The molecule has 0 saturated heterocycles. The molecule has 0 radical (unpaired) electrons. The highest BCUT2D eigenvalue weighted by Gasteiger charge is 2.12. The van der Waals surface area contributed by atoms with Crippen molar-refractivity contribution in [1.82, 2.24) is 29.9 Å². The molecule has 0 aliphatic heterocycles. The van der Waals surface area contributed by atoms with Gasteiger partial charge in [-0.3, -0.25) is 4.68 Å². The third kappa shape index (κ3) is 3.13. The van der Waals surface area contributed by atoms with Gasteiger partial charge in [0.15, 0.2) is 5.65 Å². The summed E-state index contributed by atoms with van der Waals surface area (Å²) in [6, 6.07) is 9.78. The van der Waals surface area contributed by atoms with Crippen molar-refractivity contribution >= 4 is 16.9 Å². The Labute approximate surface area is 150 Å². The van der Waals surface area contributed by atoms with Crippen molar-refractivity contribution in [1.29, 1.82) is 0 Å². The summed E-state index contributed by atoms with van der Waals surface area (Å²) in [5, 5.41) is 12.6. The van der Waals surface area contributed by atoms with Crippen LogP contribution in [0.2, 0.25) is 0 Å². The van der Waals surface area contributed by atoms with E-state index in [1.165, 1.54) is 0 Å². The highest BCUT2D eigenvalue weighted by molar-refractivity contribution is 5.86. The van der Waals surface area contributed by atoms with Crippen LogP contribution in [0.3, 0.4) is 0 Å². The number of hydrogen-bond donors (Lipinski definition) is 1. The molecule has 8 nitrogen and oxygen atoms in total. The first kappa shape index (κ1) is 16.2. The Balaban J connectivity index is 1.47. The number of nitrogens with zero attached hydrogens (tertiary/aromatic N) is 6. The van der Waals surface area contributed by atoms with Gasteiger partial charge in [0.2, 0.25) is 11.7 Å². The smallest absolute Gasteiger partial charge is 0.228 e. The number of rotatable bonds is 6. The predicted octanol–water partition coefficient (Wildman–Crippen LogP) is 2.63. The molecule has 4 aromatic rings. The maximum absolute atomic E-state index is 5.34. The minimum Gasteiger partial charge on any atom is -0.369 e. The molecule has 26 heavy (non-hydrogen) atoms. The van der Waals surface area contributed by atoms with E-state index in [0.717, 1.165) is 34.7 Å². The van der Waals surface area contributed by atoms with Gasteiger partial charge in [-0.1, -0.05) is 42.4 Å². The molecule has 0 spiro atoms. The summed E-state index contributed by atoms with van der Waals surface area (Å²) in [5.74, 6) is 2.75. The Morgan fingerprint density at radius 2 is 1.96 bits per heavy atom. The third-order valence-corrected chi connectivity index (χ3v) is 4.09. The highest BCUT2D eigenvalue weighted by atomic mass is 16.5. The molecule has 0 saturated carbocycles. The molecular weight excluding hydrogens is 330 g/mol. The predicted molar refractivity (Wildman–Crippen MR) is 97.6 cm³/mol. The Kier molecular flexibility index (Phi) is 4.30. The Morgan fingerprint density at radius 1 is 1.12 bits per heavy atom. The molecule has 0 fully saturated rings. The molecule has 0 aliphatic rings. The van der Waals surface area contributed by atoms with E-state index < -0.39 is 0 Å². The van der Waals surface area contributed by atoms with Gasteiger partial charge in [0.1, 0.15) is 11.6 Å². The second-order valence-electron chi connectivity index (χ2n) is 5.90. The quantitative estimate of drug-likeness (QED) is 0.572. The Morgan fingerprint density at radius 3 is 2.77 bits per heavy atom. The molecule has 8 heteroatoms. The summed E-state index contributed by atoms with van der Waals surface area (Å²) in [7, 11) is 1.88. The maximum atomic E-state index is 5.34. The van der Waals surface area contributed by atoms with Gasteiger partial charge in [0, 0.05) is 32.0 Å². The first-order valence-corrected chi connectivity index (χ1v) is 8.55. The minimum atomic E-state index is 0.587. The molecule has 0 bridgehead atoms. The molecule has 1 N–H and O–H groups in total. The van der Waals surface area contributed by atoms with Gasteiger partial charge in [0.05, 0.1) is 11.6 Å². The molecule has 4 rings (SSSR count). The summed E-state index contributed by atoms with van der Waals surface area (Å²) in [6.45, 7) is 2.66. The van der Waals surface area contributed by atoms with Gasteiger partial charge in [-0.2, -0.15) is 10.1 Å². The normalized spacial score (nSPS) is 11.2. The summed E-state index contributed by atoms with van der Waals surface area (Å²) in [4.78, 5) is 13.5. The standard InChI is InChI=1S/C18H19N7O/c1-3-14-21-17(13-11-20-25(2)18(13)22-14)19-10-9-15-23-16(24-26-15)12-7-5-4-6-8-12/h4-8,11H,3,9-10H2,1-2H3,(H,19,21,22). The van der Waals surface area contributed by atoms with Gasteiger partial charge in [-0.25, -0.2) is 9.97 Å². The van der Waals surface area contributed by atoms with Crippen LogP contribution in [-0.2, 0) is 19.9 Å². The van der Waals surface area contributed by atoms with Crippen molar-refractivity contribution in [2.75, 3.05) is 11.9 Å². The van der Waals surface area contributed by atoms with Crippen LogP contribution in [0, 0.1) is 0 Å². The fraction of sp³-hybridized carbons (Fsp3) is 0.278. The molecule has 1 aromatic carbocycles. The lowest BCUT2D eigenvalue weighted by atomic mass is 10.2. The van der Waals surface area contributed by atoms with Crippen molar-refractivity contribution in [2.45, 2.75) is 19.8 Å². The number of aromatic nitrogens is 6. The molecule has 3 aromatic heterocycles. The highest BCUT2D eigenvalue weighted by Crippen LogP contribution is 2.20. The van der Waals surface area contributed by atoms with Gasteiger partial charge < -0.3 is 9.84 Å². The van der Waals surface area contributed by atoms with Gasteiger partial charge in [-0.15, -0.1) is 0 Å². The Bertz CT molecular complexity index is 1020. The molecular formula is C18H19N7O. The van der Waals surface area contributed by atoms with Gasteiger partial charge in [0.25, 0.3) is 0 Å². The zero-order valence-corrected chi connectivity index (χ0v) is 14.7. The molecule has 0 unspecified atom stereocenters. The van der Waals surface area contributed by atoms with E-state index in [2.05, 4.69) is 30.5 Å². The second kappa shape index (κ2) is 6.91. The van der Waals surface area contributed by atoms with E-state index in [1.54, 1.807) is 10.9 Å². The summed E-state index contributed by atoms with van der Waals surface area (Å²) < 4.78 is 7.10. The van der Waals surface area contributed by atoms with Crippen molar-refractivity contribution in [3.05, 3.63) is 48.2 Å². The van der Waals surface area contributed by atoms with Crippen LogP contribution in [0.4, 0.5) is 5.82 Å². The first-order valence-electron chi connectivity index (χ1n) is 8.55. The average Bonchev–Trinajstić information content (AvgIpc) is 3.30. The number of hydrogen-bond acceptors (Lipinski definition) is 7. The SMILES string of the molecule is CCc1nc(NCCc2nc(-c3ccccc3)no2)c2cnn(C)c2n1.